The number of fused-ring (bicyclic) bond motifs is 2. The molecule has 5 rings (SSSR count). The molecule has 0 saturated carbocycles. The van der Waals surface area contributed by atoms with E-state index in [1.165, 1.54) is 5.56 Å². The van der Waals surface area contributed by atoms with Crippen LogP contribution in [0.25, 0.3) is 21.9 Å². The fraction of sp³-hybridized carbons (Fsp3) is 0.185. The van der Waals surface area contributed by atoms with Crippen LogP contribution in [0.4, 0.5) is 5.82 Å². The zero-order valence-electron chi connectivity index (χ0n) is 17.8. The maximum Gasteiger partial charge on any atom is 0.307 e. The number of aryl methyl sites for hydroxylation is 2. The van der Waals surface area contributed by atoms with Crippen LogP contribution >= 0.6 is 0 Å². The zero-order chi connectivity index (χ0) is 22.2. The Balaban J connectivity index is 1.53. The molecule has 32 heavy (non-hydrogen) atoms. The van der Waals surface area contributed by atoms with Crippen molar-refractivity contribution in [2.24, 2.45) is 0 Å². The predicted octanol–water partition coefficient (Wildman–Crippen LogP) is 5.49. The Labute approximate surface area is 186 Å². The molecule has 5 heteroatoms. The average Bonchev–Trinajstić information content (AvgIpc) is 3.18. The summed E-state index contributed by atoms with van der Waals surface area (Å²) in [6, 6.07) is 20.3. The summed E-state index contributed by atoms with van der Waals surface area (Å²) in [5.74, 6) is 0.319. The van der Waals surface area contributed by atoms with Crippen LogP contribution in [0.3, 0.4) is 0 Å². The van der Waals surface area contributed by atoms with Crippen molar-refractivity contribution in [3.05, 3.63) is 89.1 Å². The van der Waals surface area contributed by atoms with Crippen LogP contribution < -0.4 is 10.5 Å². The van der Waals surface area contributed by atoms with E-state index in [2.05, 4.69) is 29.2 Å². The Morgan fingerprint density at radius 1 is 1.12 bits per heavy atom. The van der Waals surface area contributed by atoms with E-state index in [1.807, 2.05) is 43.3 Å². The summed E-state index contributed by atoms with van der Waals surface area (Å²) in [7, 11) is 0. The second-order valence-electron chi connectivity index (χ2n) is 8.28. The highest BCUT2D eigenvalue weighted by Crippen LogP contribution is 2.40. The minimum atomic E-state index is -0.858. The highest BCUT2D eigenvalue weighted by molar-refractivity contribution is 6.01. The Kier molecular flexibility index (Phi) is 5.02. The van der Waals surface area contributed by atoms with Gasteiger partial charge in [-0.05, 0) is 71.2 Å². The molecule has 1 aromatic heterocycles. The van der Waals surface area contributed by atoms with Crippen molar-refractivity contribution in [2.45, 2.75) is 32.3 Å². The van der Waals surface area contributed by atoms with Crippen LogP contribution in [0.5, 0.6) is 5.75 Å². The lowest BCUT2D eigenvalue weighted by Crippen LogP contribution is -2.09. The maximum absolute atomic E-state index is 11.4. The minimum absolute atomic E-state index is 0.0485. The van der Waals surface area contributed by atoms with Gasteiger partial charge in [-0.25, -0.2) is 4.98 Å². The summed E-state index contributed by atoms with van der Waals surface area (Å²) in [6.45, 7) is 1.92. The first-order valence-electron chi connectivity index (χ1n) is 10.7. The van der Waals surface area contributed by atoms with E-state index in [0.717, 1.165) is 51.4 Å². The van der Waals surface area contributed by atoms with Gasteiger partial charge in [-0.15, -0.1) is 0 Å². The number of anilines is 1. The molecule has 1 atom stereocenters. The number of carbonyl (C=O) groups is 1. The van der Waals surface area contributed by atoms with E-state index in [9.17, 15) is 9.90 Å². The molecule has 1 aliphatic rings. The average molecular weight is 425 g/mol. The lowest BCUT2D eigenvalue weighted by atomic mass is 9.96. The van der Waals surface area contributed by atoms with Crippen LogP contribution in [0, 0.1) is 6.92 Å². The number of nitrogen functional groups attached to an aromatic ring is 1. The number of carboxylic acid groups (broad SMARTS) is 1. The molecule has 0 saturated heterocycles. The van der Waals surface area contributed by atoms with E-state index in [0.29, 0.717) is 11.6 Å². The third-order valence-corrected chi connectivity index (χ3v) is 6.28. The van der Waals surface area contributed by atoms with Gasteiger partial charge in [-0.3, -0.25) is 4.79 Å². The number of rotatable bonds is 5. The number of hydrogen-bond donors (Lipinski definition) is 2. The van der Waals surface area contributed by atoms with Crippen LogP contribution in [-0.2, 0) is 17.6 Å². The van der Waals surface area contributed by atoms with Gasteiger partial charge in [-0.1, -0.05) is 42.5 Å². The van der Waals surface area contributed by atoms with Crippen LogP contribution in [-0.4, -0.2) is 16.1 Å². The quantitative estimate of drug-likeness (QED) is 0.443. The highest BCUT2D eigenvalue weighted by Gasteiger charge is 2.26. The number of carboxylic acids is 1. The number of nitrogens with two attached hydrogens (primary N) is 1. The van der Waals surface area contributed by atoms with Crippen LogP contribution in [0.15, 0.2) is 66.9 Å². The van der Waals surface area contributed by atoms with Gasteiger partial charge in [-0.2, -0.15) is 0 Å². The number of pyridine rings is 1. The molecule has 5 nitrogen and oxygen atoms in total. The molecule has 1 heterocycles. The van der Waals surface area contributed by atoms with Gasteiger partial charge >= 0.3 is 5.97 Å². The van der Waals surface area contributed by atoms with Gasteiger partial charge in [0.25, 0.3) is 0 Å². The Morgan fingerprint density at radius 3 is 2.81 bits per heavy atom. The molecule has 0 bridgehead atoms. The van der Waals surface area contributed by atoms with E-state index in [4.69, 9.17) is 10.5 Å². The third kappa shape index (κ3) is 3.56. The number of nitrogens with zero attached hydrogens (tertiary/aromatic N) is 1. The van der Waals surface area contributed by atoms with Crippen molar-refractivity contribution in [1.29, 1.82) is 0 Å². The van der Waals surface area contributed by atoms with Crippen LogP contribution in [0.1, 0.15) is 34.8 Å². The second kappa shape index (κ2) is 8.00. The van der Waals surface area contributed by atoms with Gasteiger partial charge in [0.1, 0.15) is 17.7 Å². The lowest BCUT2D eigenvalue weighted by molar-refractivity contribution is -0.136. The molecule has 0 fully saturated rings. The Bertz CT molecular complexity index is 1350. The maximum atomic E-state index is 11.4. The molecule has 1 aliphatic carbocycles. The van der Waals surface area contributed by atoms with Crippen molar-refractivity contribution in [3.63, 3.8) is 0 Å². The van der Waals surface area contributed by atoms with Gasteiger partial charge in [0.2, 0.25) is 0 Å². The first kappa shape index (κ1) is 20.1. The third-order valence-electron chi connectivity index (χ3n) is 6.28. The molecule has 160 valence electrons. The number of aromatic nitrogens is 1. The van der Waals surface area contributed by atoms with Crippen molar-refractivity contribution in [3.8, 4) is 16.9 Å². The van der Waals surface area contributed by atoms with Gasteiger partial charge < -0.3 is 15.6 Å². The van der Waals surface area contributed by atoms with E-state index < -0.39 is 5.97 Å². The fourth-order valence-corrected chi connectivity index (χ4v) is 4.65. The molecule has 3 aromatic carbocycles. The Hall–Kier alpha value is -3.86. The number of hydrogen-bond acceptors (Lipinski definition) is 4. The van der Waals surface area contributed by atoms with Crippen molar-refractivity contribution in [1.82, 2.24) is 4.98 Å². The van der Waals surface area contributed by atoms with Gasteiger partial charge in [0.05, 0.1) is 6.42 Å². The predicted molar refractivity (Wildman–Crippen MR) is 126 cm³/mol. The smallest absolute Gasteiger partial charge is 0.307 e. The second-order valence-corrected chi connectivity index (χ2v) is 8.28. The highest BCUT2D eigenvalue weighted by atomic mass is 16.5. The molecule has 3 N–H and O–H groups in total. The molecule has 0 spiro atoms. The van der Waals surface area contributed by atoms with E-state index >= 15 is 0 Å². The molecule has 4 aromatic rings. The topological polar surface area (TPSA) is 85.4 Å². The molecule has 0 radical (unpaired) electrons. The number of ether oxygens (including phenoxy) is 1. The summed E-state index contributed by atoms with van der Waals surface area (Å²) in [5.41, 5.74) is 12.4. The number of benzene rings is 3. The standard InChI is InChI=1S/C27H24N2O3/c1-16-4-2-7-24(22(16)15-26(30)31)32-25-11-10-17-8-9-18(14-23(17)25)19-5-3-6-21-20(19)12-13-29-27(21)28/h2-9,12-14,25H,10-11,15H2,1H3,(H2,28,29)(H,30,31). The monoisotopic (exact) mass is 424 g/mol. The zero-order valence-corrected chi connectivity index (χ0v) is 17.8. The van der Waals surface area contributed by atoms with E-state index in [1.54, 1.807) is 6.20 Å². The van der Waals surface area contributed by atoms with Crippen molar-refractivity contribution in [2.75, 3.05) is 5.73 Å². The molecule has 1 unspecified atom stereocenters. The molecular weight excluding hydrogens is 400 g/mol. The molecule has 0 amide bonds. The normalized spacial score (nSPS) is 15.0. The summed E-state index contributed by atoms with van der Waals surface area (Å²) in [4.78, 5) is 15.6. The van der Waals surface area contributed by atoms with Gasteiger partial charge in [0.15, 0.2) is 0 Å². The SMILES string of the molecule is Cc1cccc(OC2CCc3ccc(-c4cccc5c(N)nccc45)cc32)c1CC(=O)O. The van der Waals surface area contributed by atoms with Crippen LogP contribution in [0.2, 0.25) is 0 Å². The van der Waals surface area contributed by atoms with Crippen molar-refractivity contribution < 1.29 is 14.6 Å². The first-order chi connectivity index (χ1) is 15.5. The fourth-order valence-electron chi connectivity index (χ4n) is 4.65. The number of aliphatic carboxylic acids is 1. The largest absolute Gasteiger partial charge is 0.485 e. The Morgan fingerprint density at radius 2 is 1.97 bits per heavy atom. The summed E-state index contributed by atoms with van der Waals surface area (Å²) in [5, 5.41) is 11.3. The molecule has 0 aliphatic heterocycles. The van der Waals surface area contributed by atoms with E-state index in [-0.39, 0.29) is 12.5 Å². The minimum Gasteiger partial charge on any atom is -0.485 e. The lowest BCUT2D eigenvalue weighted by Gasteiger charge is -2.19. The summed E-state index contributed by atoms with van der Waals surface area (Å²) >= 11 is 0. The summed E-state index contributed by atoms with van der Waals surface area (Å²) < 4.78 is 6.42. The van der Waals surface area contributed by atoms with Crippen molar-refractivity contribution >= 4 is 22.6 Å². The molecular formula is C27H24N2O3. The van der Waals surface area contributed by atoms with Gasteiger partial charge in [0, 0.05) is 17.1 Å². The first-order valence-corrected chi connectivity index (χ1v) is 10.7. The summed E-state index contributed by atoms with van der Waals surface area (Å²) in [6.07, 6.45) is 3.38.